The third-order valence-electron chi connectivity index (χ3n) is 3.98. The van der Waals surface area contributed by atoms with Crippen LogP contribution < -0.4 is 5.73 Å². The van der Waals surface area contributed by atoms with E-state index < -0.39 is 0 Å². The van der Waals surface area contributed by atoms with Crippen LogP contribution in [0.2, 0.25) is 0 Å². The van der Waals surface area contributed by atoms with Gasteiger partial charge in [0.15, 0.2) is 0 Å². The Labute approximate surface area is 119 Å². The van der Waals surface area contributed by atoms with Gasteiger partial charge >= 0.3 is 0 Å². The summed E-state index contributed by atoms with van der Waals surface area (Å²) in [5, 5.41) is 0. The predicted molar refractivity (Wildman–Crippen MR) is 84.6 cm³/mol. The summed E-state index contributed by atoms with van der Waals surface area (Å²) in [5.74, 6) is 0. The molecular weight excluding hydrogens is 232 g/mol. The van der Waals surface area contributed by atoms with Gasteiger partial charge in [-0.2, -0.15) is 0 Å². The zero-order valence-electron chi connectivity index (χ0n) is 13.3. The first-order chi connectivity index (χ1) is 8.84. The van der Waals surface area contributed by atoms with Crippen LogP contribution >= 0.6 is 0 Å². The zero-order valence-corrected chi connectivity index (χ0v) is 13.3. The molecule has 0 heterocycles. The van der Waals surface area contributed by atoms with Gasteiger partial charge in [0.2, 0.25) is 0 Å². The molecule has 0 atom stereocenters. The van der Waals surface area contributed by atoms with E-state index in [0.717, 1.165) is 32.5 Å². The van der Waals surface area contributed by atoms with E-state index in [4.69, 9.17) is 5.73 Å². The first-order valence-electron chi connectivity index (χ1n) is 7.29. The van der Waals surface area contributed by atoms with Gasteiger partial charge in [0, 0.05) is 6.54 Å². The highest BCUT2D eigenvalue weighted by molar-refractivity contribution is 5.30. The highest BCUT2D eigenvalue weighted by Gasteiger charge is 2.15. The number of nitrogens with zero attached hydrogens (tertiary/aromatic N) is 1. The molecule has 0 aliphatic heterocycles. The molecule has 108 valence electrons. The predicted octanol–water partition coefficient (Wildman–Crippen LogP) is 3.15. The number of hydrogen-bond donors (Lipinski definition) is 1. The summed E-state index contributed by atoms with van der Waals surface area (Å²) in [7, 11) is 2.20. The van der Waals surface area contributed by atoms with Crippen LogP contribution in [0.15, 0.2) is 18.2 Å². The topological polar surface area (TPSA) is 29.3 Å². The monoisotopic (exact) mass is 262 g/mol. The Bertz CT molecular complexity index is 396. The molecule has 2 N–H and O–H groups in total. The van der Waals surface area contributed by atoms with E-state index in [1.165, 1.54) is 16.7 Å². The van der Waals surface area contributed by atoms with Crippen LogP contribution in [0, 0.1) is 19.3 Å². The molecule has 0 amide bonds. The lowest BCUT2D eigenvalue weighted by atomic mass is 9.89. The van der Waals surface area contributed by atoms with Crippen molar-refractivity contribution in [1.29, 1.82) is 0 Å². The molecule has 1 rings (SSSR count). The maximum Gasteiger partial charge on any atom is 0.00189 e. The SMILES string of the molecule is Cc1ccc(CCN(C)CCC(C)(C)CN)c(C)c1. The molecule has 19 heavy (non-hydrogen) atoms. The normalized spacial score (nSPS) is 12.2. The molecule has 2 nitrogen and oxygen atoms in total. The molecule has 0 aromatic heterocycles. The fraction of sp³-hybridized carbons (Fsp3) is 0.647. The van der Waals surface area contributed by atoms with E-state index in [1.807, 2.05) is 0 Å². The van der Waals surface area contributed by atoms with E-state index in [1.54, 1.807) is 0 Å². The molecule has 0 aliphatic rings. The standard InChI is InChI=1S/C17H30N2/c1-14-6-7-16(15(2)12-14)8-10-19(5)11-9-17(3,4)13-18/h6-7,12H,8-11,13,18H2,1-5H3. The molecule has 0 radical (unpaired) electrons. The molecule has 0 fully saturated rings. The molecule has 0 bridgehead atoms. The Morgan fingerprint density at radius 2 is 1.84 bits per heavy atom. The van der Waals surface area contributed by atoms with Crippen molar-refractivity contribution in [3.05, 3.63) is 34.9 Å². The van der Waals surface area contributed by atoms with Crippen molar-refractivity contribution in [3.63, 3.8) is 0 Å². The summed E-state index contributed by atoms with van der Waals surface area (Å²) in [6, 6.07) is 6.75. The summed E-state index contributed by atoms with van der Waals surface area (Å²) in [6.45, 7) is 11.8. The van der Waals surface area contributed by atoms with E-state index in [2.05, 4.69) is 57.8 Å². The fourth-order valence-corrected chi connectivity index (χ4v) is 2.15. The maximum absolute atomic E-state index is 5.77. The summed E-state index contributed by atoms with van der Waals surface area (Å²) >= 11 is 0. The number of aryl methyl sites for hydroxylation is 2. The summed E-state index contributed by atoms with van der Waals surface area (Å²) < 4.78 is 0. The summed E-state index contributed by atoms with van der Waals surface area (Å²) in [6.07, 6.45) is 2.29. The number of likely N-dealkylation sites (N-methyl/N-ethyl adjacent to an activating group) is 1. The summed E-state index contributed by atoms with van der Waals surface area (Å²) in [5.41, 5.74) is 10.3. The molecule has 0 aliphatic carbocycles. The quantitative estimate of drug-likeness (QED) is 0.818. The molecule has 0 spiro atoms. The average Bonchev–Trinajstić information content (AvgIpc) is 2.35. The van der Waals surface area contributed by atoms with Crippen molar-refractivity contribution >= 4 is 0 Å². The Balaban J connectivity index is 2.40. The Hall–Kier alpha value is -0.860. The van der Waals surface area contributed by atoms with Crippen molar-refractivity contribution in [2.45, 2.75) is 40.5 Å². The first-order valence-corrected chi connectivity index (χ1v) is 7.29. The van der Waals surface area contributed by atoms with Gasteiger partial charge in [-0.1, -0.05) is 37.6 Å². The van der Waals surface area contributed by atoms with Gasteiger partial charge in [0.25, 0.3) is 0 Å². The minimum absolute atomic E-state index is 0.258. The van der Waals surface area contributed by atoms with Crippen LogP contribution in [0.3, 0.4) is 0 Å². The van der Waals surface area contributed by atoms with Gasteiger partial charge in [-0.15, -0.1) is 0 Å². The lowest BCUT2D eigenvalue weighted by Crippen LogP contribution is -2.30. The third kappa shape index (κ3) is 5.75. The Morgan fingerprint density at radius 1 is 1.16 bits per heavy atom. The molecule has 0 saturated carbocycles. The van der Waals surface area contributed by atoms with Gasteiger partial charge in [0.1, 0.15) is 0 Å². The second-order valence-electron chi connectivity index (χ2n) is 6.60. The van der Waals surface area contributed by atoms with Crippen molar-refractivity contribution in [1.82, 2.24) is 4.90 Å². The van der Waals surface area contributed by atoms with Crippen LogP contribution in [0.25, 0.3) is 0 Å². The minimum Gasteiger partial charge on any atom is -0.330 e. The molecule has 0 saturated heterocycles. The van der Waals surface area contributed by atoms with E-state index in [0.29, 0.717) is 0 Å². The number of hydrogen-bond acceptors (Lipinski definition) is 2. The Morgan fingerprint density at radius 3 is 2.42 bits per heavy atom. The minimum atomic E-state index is 0.258. The molecular formula is C17H30N2. The first kappa shape index (κ1) is 16.2. The van der Waals surface area contributed by atoms with Crippen LogP contribution in [0.5, 0.6) is 0 Å². The van der Waals surface area contributed by atoms with Crippen molar-refractivity contribution in [2.75, 3.05) is 26.7 Å². The zero-order chi connectivity index (χ0) is 14.5. The van der Waals surface area contributed by atoms with Gasteiger partial charge < -0.3 is 10.6 Å². The van der Waals surface area contributed by atoms with Crippen molar-refractivity contribution in [2.24, 2.45) is 11.1 Å². The fourth-order valence-electron chi connectivity index (χ4n) is 2.15. The van der Waals surface area contributed by atoms with Crippen molar-refractivity contribution < 1.29 is 0 Å². The molecule has 1 aromatic rings. The third-order valence-corrected chi connectivity index (χ3v) is 3.98. The van der Waals surface area contributed by atoms with Gasteiger partial charge in [-0.25, -0.2) is 0 Å². The van der Waals surface area contributed by atoms with Crippen LogP contribution in [-0.2, 0) is 6.42 Å². The van der Waals surface area contributed by atoms with Crippen LogP contribution in [-0.4, -0.2) is 31.6 Å². The van der Waals surface area contributed by atoms with Crippen molar-refractivity contribution in [3.8, 4) is 0 Å². The second-order valence-corrected chi connectivity index (χ2v) is 6.60. The molecule has 0 unspecified atom stereocenters. The molecule has 1 aromatic carbocycles. The number of nitrogens with two attached hydrogens (primary N) is 1. The molecule has 2 heteroatoms. The highest BCUT2D eigenvalue weighted by Crippen LogP contribution is 2.18. The van der Waals surface area contributed by atoms with E-state index in [9.17, 15) is 0 Å². The average molecular weight is 262 g/mol. The van der Waals surface area contributed by atoms with E-state index in [-0.39, 0.29) is 5.41 Å². The van der Waals surface area contributed by atoms with Crippen LogP contribution in [0.1, 0.15) is 37.0 Å². The largest absolute Gasteiger partial charge is 0.330 e. The van der Waals surface area contributed by atoms with Gasteiger partial charge in [-0.3, -0.25) is 0 Å². The lowest BCUT2D eigenvalue weighted by molar-refractivity contribution is 0.255. The van der Waals surface area contributed by atoms with Gasteiger partial charge in [0.05, 0.1) is 0 Å². The Kier molecular flexibility index (Phi) is 6.02. The second kappa shape index (κ2) is 7.06. The van der Waals surface area contributed by atoms with Crippen LogP contribution in [0.4, 0.5) is 0 Å². The highest BCUT2D eigenvalue weighted by atomic mass is 15.1. The lowest BCUT2D eigenvalue weighted by Gasteiger charge is -2.26. The van der Waals surface area contributed by atoms with E-state index >= 15 is 0 Å². The summed E-state index contributed by atoms with van der Waals surface area (Å²) in [4.78, 5) is 2.41. The number of benzene rings is 1. The van der Waals surface area contributed by atoms with Gasteiger partial charge in [-0.05, 0) is 63.4 Å². The number of rotatable bonds is 7. The smallest absolute Gasteiger partial charge is 0.00189 e. The maximum atomic E-state index is 5.77.